The first-order valence-corrected chi connectivity index (χ1v) is 4.96. The van der Waals surface area contributed by atoms with Gasteiger partial charge in [-0.1, -0.05) is 20.8 Å². The van der Waals surface area contributed by atoms with E-state index in [1.807, 2.05) is 0 Å². The molecule has 1 saturated heterocycles. The van der Waals surface area contributed by atoms with E-state index in [1.54, 1.807) is 0 Å². The normalized spacial score (nSPS) is 39.8. The molecule has 3 atom stereocenters. The molecule has 0 bridgehead atoms. The van der Waals surface area contributed by atoms with Crippen molar-refractivity contribution in [2.24, 2.45) is 5.92 Å². The highest BCUT2D eigenvalue weighted by atomic mass is 15.2. The molecule has 1 aliphatic heterocycles. The summed E-state index contributed by atoms with van der Waals surface area (Å²) in [5.74, 6) is 0.903. The molecule has 0 aromatic heterocycles. The topological polar surface area (TPSA) is 3.24 Å². The van der Waals surface area contributed by atoms with Crippen molar-refractivity contribution >= 4 is 0 Å². The van der Waals surface area contributed by atoms with Crippen LogP contribution in [0.15, 0.2) is 0 Å². The maximum absolute atomic E-state index is 2.64. The van der Waals surface area contributed by atoms with Crippen molar-refractivity contribution in [2.45, 2.75) is 52.6 Å². The van der Waals surface area contributed by atoms with E-state index in [0.717, 1.165) is 18.0 Å². The Kier molecular flexibility index (Phi) is 2.94. The smallest absolute Gasteiger partial charge is 0.00985 e. The predicted octanol–water partition coefficient (Wildman–Crippen LogP) is 2.52. The van der Waals surface area contributed by atoms with E-state index in [-0.39, 0.29) is 0 Å². The minimum atomic E-state index is 0.810. The average Bonchev–Trinajstić information content (AvgIpc) is 2.28. The molecule has 0 amide bonds. The predicted molar refractivity (Wildman–Crippen MR) is 49.7 cm³/mol. The highest BCUT2D eigenvalue weighted by molar-refractivity contribution is 4.87. The molecule has 1 rings (SSSR count). The Hall–Kier alpha value is -0.0400. The van der Waals surface area contributed by atoms with Crippen molar-refractivity contribution in [1.29, 1.82) is 0 Å². The highest BCUT2D eigenvalue weighted by Crippen LogP contribution is 2.30. The third-order valence-electron chi connectivity index (χ3n) is 3.30. The maximum atomic E-state index is 2.64. The molecular weight excluding hydrogens is 134 g/mol. The first-order valence-electron chi connectivity index (χ1n) is 4.96. The van der Waals surface area contributed by atoms with Gasteiger partial charge in [-0.25, -0.2) is 0 Å². The zero-order valence-corrected chi connectivity index (χ0v) is 8.30. The van der Waals surface area contributed by atoms with E-state index in [4.69, 9.17) is 0 Å². The Morgan fingerprint density at radius 1 is 1.27 bits per heavy atom. The molecule has 0 aliphatic carbocycles. The van der Waals surface area contributed by atoms with Crippen LogP contribution in [0, 0.1) is 5.92 Å². The summed E-state index contributed by atoms with van der Waals surface area (Å²) in [4.78, 5) is 2.64. The van der Waals surface area contributed by atoms with E-state index in [1.165, 1.54) is 19.4 Å². The van der Waals surface area contributed by atoms with Gasteiger partial charge in [-0.3, -0.25) is 4.90 Å². The molecule has 1 heterocycles. The Morgan fingerprint density at radius 3 is 2.27 bits per heavy atom. The summed E-state index contributed by atoms with van der Waals surface area (Å²) in [5, 5.41) is 0. The molecule has 0 N–H and O–H groups in total. The van der Waals surface area contributed by atoms with Crippen LogP contribution in [0.2, 0.25) is 0 Å². The van der Waals surface area contributed by atoms with Gasteiger partial charge in [0.05, 0.1) is 0 Å². The summed E-state index contributed by atoms with van der Waals surface area (Å²) >= 11 is 0. The molecule has 0 radical (unpaired) electrons. The number of hydrogen-bond acceptors (Lipinski definition) is 1. The lowest BCUT2D eigenvalue weighted by Crippen LogP contribution is -2.34. The zero-order chi connectivity index (χ0) is 8.43. The van der Waals surface area contributed by atoms with Gasteiger partial charge in [-0.15, -0.1) is 0 Å². The number of rotatable bonds is 2. The van der Waals surface area contributed by atoms with Gasteiger partial charge in [0.25, 0.3) is 0 Å². The molecule has 1 aliphatic rings. The molecule has 0 aromatic rings. The quantitative estimate of drug-likeness (QED) is 0.592. The summed E-state index contributed by atoms with van der Waals surface area (Å²) in [6.07, 6.45) is 2.73. The molecule has 1 nitrogen and oxygen atoms in total. The van der Waals surface area contributed by atoms with Crippen LogP contribution in [-0.2, 0) is 0 Å². The summed E-state index contributed by atoms with van der Waals surface area (Å²) in [6.45, 7) is 10.5. The van der Waals surface area contributed by atoms with Crippen LogP contribution < -0.4 is 0 Å². The maximum Gasteiger partial charge on any atom is 0.00985 e. The summed E-state index contributed by atoms with van der Waals surface area (Å²) < 4.78 is 0. The third-order valence-corrected chi connectivity index (χ3v) is 3.30. The lowest BCUT2D eigenvalue weighted by molar-refractivity contribution is 0.200. The van der Waals surface area contributed by atoms with E-state index in [9.17, 15) is 0 Å². The van der Waals surface area contributed by atoms with Gasteiger partial charge in [0.2, 0.25) is 0 Å². The highest BCUT2D eigenvalue weighted by Gasteiger charge is 2.33. The minimum Gasteiger partial charge on any atom is -0.298 e. The molecule has 0 spiro atoms. The number of nitrogens with zero attached hydrogens (tertiary/aromatic N) is 1. The van der Waals surface area contributed by atoms with E-state index >= 15 is 0 Å². The van der Waals surface area contributed by atoms with Crippen LogP contribution in [0.3, 0.4) is 0 Å². The van der Waals surface area contributed by atoms with Crippen molar-refractivity contribution in [3.8, 4) is 0 Å². The van der Waals surface area contributed by atoms with Crippen LogP contribution in [0.1, 0.15) is 40.5 Å². The van der Waals surface area contributed by atoms with Gasteiger partial charge in [0.1, 0.15) is 0 Å². The fourth-order valence-electron chi connectivity index (χ4n) is 2.37. The lowest BCUT2D eigenvalue weighted by Gasteiger charge is -2.26. The standard InChI is InChI=1S/C10H21N/c1-5-10-7-8(3)9(4)11(10)6-2/h8-10H,5-7H2,1-4H3. The van der Waals surface area contributed by atoms with Gasteiger partial charge in [0.15, 0.2) is 0 Å². The molecule has 0 aromatic carbocycles. The van der Waals surface area contributed by atoms with Crippen molar-refractivity contribution in [1.82, 2.24) is 4.90 Å². The largest absolute Gasteiger partial charge is 0.298 e. The van der Waals surface area contributed by atoms with Crippen molar-refractivity contribution in [2.75, 3.05) is 6.54 Å². The molecule has 0 saturated carbocycles. The van der Waals surface area contributed by atoms with Gasteiger partial charge in [0, 0.05) is 12.1 Å². The average molecular weight is 155 g/mol. The van der Waals surface area contributed by atoms with Crippen LogP contribution in [0.5, 0.6) is 0 Å². The number of likely N-dealkylation sites (tertiary alicyclic amines) is 1. The molecule has 66 valence electrons. The first-order chi connectivity index (χ1) is 5.20. The van der Waals surface area contributed by atoms with Gasteiger partial charge < -0.3 is 0 Å². The zero-order valence-electron chi connectivity index (χ0n) is 8.30. The van der Waals surface area contributed by atoms with Crippen LogP contribution in [-0.4, -0.2) is 23.5 Å². The Labute approximate surface area is 70.8 Å². The van der Waals surface area contributed by atoms with Crippen LogP contribution in [0.4, 0.5) is 0 Å². The second-order valence-corrected chi connectivity index (χ2v) is 3.85. The summed E-state index contributed by atoms with van der Waals surface area (Å²) in [7, 11) is 0. The van der Waals surface area contributed by atoms with Crippen molar-refractivity contribution < 1.29 is 0 Å². The Bertz CT molecular complexity index is 122. The monoisotopic (exact) mass is 155 g/mol. The minimum absolute atomic E-state index is 0.810. The molecule has 11 heavy (non-hydrogen) atoms. The fraction of sp³-hybridized carbons (Fsp3) is 1.00. The lowest BCUT2D eigenvalue weighted by atomic mass is 10.0. The van der Waals surface area contributed by atoms with Gasteiger partial charge >= 0.3 is 0 Å². The van der Waals surface area contributed by atoms with Gasteiger partial charge in [-0.2, -0.15) is 0 Å². The van der Waals surface area contributed by atoms with Gasteiger partial charge in [-0.05, 0) is 32.2 Å². The third kappa shape index (κ3) is 1.58. The summed E-state index contributed by atoms with van der Waals surface area (Å²) in [6, 6.07) is 1.68. The SMILES string of the molecule is CCC1CC(C)C(C)N1CC. The summed E-state index contributed by atoms with van der Waals surface area (Å²) in [5.41, 5.74) is 0. The van der Waals surface area contributed by atoms with Crippen molar-refractivity contribution in [3.63, 3.8) is 0 Å². The second kappa shape index (κ2) is 3.57. The Morgan fingerprint density at radius 2 is 1.91 bits per heavy atom. The van der Waals surface area contributed by atoms with E-state index in [2.05, 4.69) is 32.6 Å². The first kappa shape index (κ1) is 9.05. The fourth-order valence-corrected chi connectivity index (χ4v) is 2.37. The van der Waals surface area contributed by atoms with E-state index in [0.29, 0.717) is 0 Å². The van der Waals surface area contributed by atoms with Crippen molar-refractivity contribution in [3.05, 3.63) is 0 Å². The van der Waals surface area contributed by atoms with Crippen LogP contribution in [0.25, 0.3) is 0 Å². The molecule has 1 heteroatoms. The molecule has 3 unspecified atom stereocenters. The van der Waals surface area contributed by atoms with Crippen LogP contribution >= 0.6 is 0 Å². The Balaban J connectivity index is 2.57. The second-order valence-electron chi connectivity index (χ2n) is 3.85. The molecular formula is C10H21N. The molecule has 1 fully saturated rings. The number of hydrogen-bond donors (Lipinski definition) is 0. The van der Waals surface area contributed by atoms with E-state index < -0.39 is 0 Å².